The van der Waals surface area contributed by atoms with Crippen LogP contribution in [0.1, 0.15) is 70.7 Å². The molecule has 0 amide bonds. The summed E-state index contributed by atoms with van der Waals surface area (Å²) in [4.78, 5) is 0. The number of benzene rings is 3. The first-order valence-electron chi connectivity index (χ1n) is 14.5. The Kier molecular flexibility index (Phi) is 10.1. The van der Waals surface area contributed by atoms with Gasteiger partial charge in [0.2, 0.25) is 0 Å². The Morgan fingerprint density at radius 1 is 0.829 bits per heavy atom. The molecule has 208 valence electrons. The van der Waals surface area contributed by atoms with Gasteiger partial charge in [-0.2, -0.15) is 17.7 Å². The fraction of sp³-hybridized carbons (Fsp3) is 0.282. The van der Waals surface area contributed by atoms with E-state index in [1.165, 1.54) is 62.5 Å². The molecule has 4 aromatic carbocycles. The Hall–Kier alpha value is -2.96. The predicted molar refractivity (Wildman–Crippen MR) is 174 cm³/mol. The first-order valence-corrected chi connectivity index (χ1v) is 15.9. The van der Waals surface area contributed by atoms with Gasteiger partial charge >= 0.3 is 70.3 Å². The molecule has 6 rings (SSSR count). The van der Waals surface area contributed by atoms with Gasteiger partial charge in [-0.25, -0.2) is 0 Å². The van der Waals surface area contributed by atoms with Crippen LogP contribution in [0.4, 0.5) is 0 Å². The van der Waals surface area contributed by atoms with E-state index < -0.39 is 0 Å². The van der Waals surface area contributed by atoms with E-state index in [9.17, 15) is 0 Å². The summed E-state index contributed by atoms with van der Waals surface area (Å²) in [7, 11) is 0. The van der Waals surface area contributed by atoms with Gasteiger partial charge in [0.15, 0.2) is 0 Å². The average Bonchev–Trinajstić information content (AvgIpc) is 3.68. The zero-order valence-corrected chi connectivity index (χ0v) is 28.0. The molecule has 5 aromatic rings. The van der Waals surface area contributed by atoms with Gasteiger partial charge in [0.25, 0.3) is 0 Å². The monoisotopic (exact) mass is 616 g/mol. The fourth-order valence-electron chi connectivity index (χ4n) is 4.84. The van der Waals surface area contributed by atoms with Crippen LogP contribution in [0.15, 0.2) is 108 Å². The molecule has 2 heteroatoms. The van der Waals surface area contributed by atoms with Crippen molar-refractivity contribution in [2.24, 2.45) is 5.92 Å². The Bertz CT molecular complexity index is 1560. The van der Waals surface area contributed by atoms with Gasteiger partial charge in [-0.05, 0) is 10.8 Å². The van der Waals surface area contributed by atoms with Crippen molar-refractivity contribution < 1.29 is 28.7 Å². The van der Waals surface area contributed by atoms with Crippen molar-refractivity contribution in [3.05, 3.63) is 132 Å². The van der Waals surface area contributed by atoms with Gasteiger partial charge in [0.05, 0.1) is 6.26 Å². The molecule has 41 heavy (non-hydrogen) atoms. The molecular weight excluding hydrogens is 576 g/mol. The number of hydrogen-bond acceptors (Lipinski definition) is 1. The van der Waals surface area contributed by atoms with Crippen molar-refractivity contribution in [1.82, 2.24) is 0 Å². The molecule has 1 atom stereocenters. The quantitative estimate of drug-likeness (QED) is 0.184. The van der Waals surface area contributed by atoms with E-state index in [2.05, 4.69) is 137 Å². The Morgan fingerprint density at radius 3 is 1.85 bits per heavy atom. The number of fused-ring (bicyclic) bond motifs is 3. The van der Waals surface area contributed by atoms with Crippen molar-refractivity contribution in [3.63, 3.8) is 0 Å². The van der Waals surface area contributed by atoms with Gasteiger partial charge in [0.1, 0.15) is 0 Å². The van der Waals surface area contributed by atoms with Gasteiger partial charge in [0, 0.05) is 6.26 Å². The third kappa shape index (κ3) is 8.30. The molecular formula is C39H42OZr. The minimum absolute atomic E-state index is 0.194. The summed E-state index contributed by atoms with van der Waals surface area (Å²) in [6.45, 7) is 15.8. The zero-order valence-electron chi connectivity index (χ0n) is 25.6. The molecule has 1 aliphatic rings. The SMILES string of the molecule is CC(C)(C)c1ccc2[cH-]c3ccc(C(C)(C)C)cc3c2c1.CC1[C-]=C(c2ccoc2)C=C1.[Zr+2]=[CH]Cc1ccccc1. The van der Waals surface area contributed by atoms with Crippen LogP contribution >= 0.6 is 0 Å². The number of hydrogen-bond donors (Lipinski definition) is 0. The van der Waals surface area contributed by atoms with Crippen LogP contribution in [-0.2, 0) is 41.5 Å². The third-order valence-electron chi connectivity index (χ3n) is 7.39. The molecule has 1 aliphatic carbocycles. The van der Waals surface area contributed by atoms with Crippen LogP contribution in [0.5, 0.6) is 0 Å². The molecule has 0 bridgehead atoms. The Labute approximate surface area is 261 Å². The van der Waals surface area contributed by atoms with E-state index in [1.54, 1.807) is 12.5 Å². The molecule has 1 aromatic heterocycles. The molecule has 0 fully saturated rings. The van der Waals surface area contributed by atoms with Crippen LogP contribution in [0.3, 0.4) is 0 Å². The number of furan rings is 1. The van der Waals surface area contributed by atoms with Crippen molar-refractivity contribution in [1.29, 1.82) is 0 Å². The predicted octanol–water partition coefficient (Wildman–Crippen LogP) is 10.6. The second kappa shape index (κ2) is 13.3. The summed E-state index contributed by atoms with van der Waals surface area (Å²) < 4.78 is 7.22. The number of rotatable bonds is 3. The van der Waals surface area contributed by atoms with E-state index in [0.29, 0.717) is 5.92 Å². The van der Waals surface area contributed by atoms with Crippen molar-refractivity contribution >= 4 is 30.8 Å². The molecule has 0 saturated carbocycles. The van der Waals surface area contributed by atoms with E-state index in [-0.39, 0.29) is 10.8 Å². The maximum atomic E-state index is 4.97. The van der Waals surface area contributed by atoms with E-state index in [0.717, 1.165) is 17.6 Å². The van der Waals surface area contributed by atoms with Gasteiger partial charge < -0.3 is 4.42 Å². The second-order valence-corrected chi connectivity index (χ2v) is 13.9. The summed E-state index contributed by atoms with van der Waals surface area (Å²) in [5.74, 6) is 0.444. The second-order valence-electron chi connectivity index (χ2n) is 12.9. The Balaban J connectivity index is 0.000000161. The van der Waals surface area contributed by atoms with Crippen molar-refractivity contribution in [2.75, 3.05) is 0 Å². The van der Waals surface area contributed by atoms with Crippen molar-refractivity contribution in [3.8, 4) is 0 Å². The molecule has 1 heterocycles. The summed E-state index contributed by atoms with van der Waals surface area (Å²) in [6, 6.07) is 28.6. The van der Waals surface area contributed by atoms with Crippen LogP contribution in [0.25, 0.3) is 27.1 Å². The fourth-order valence-corrected chi connectivity index (χ4v) is 5.42. The minimum atomic E-state index is 0.194. The first-order chi connectivity index (χ1) is 19.5. The van der Waals surface area contributed by atoms with Crippen LogP contribution in [0, 0.1) is 12.0 Å². The normalized spacial score (nSPS) is 14.8. The summed E-state index contributed by atoms with van der Waals surface area (Å²) in [6.07, 6.45) is 12.1. The first kappa shape index (κ1) is 31.0. The molecule has 0 spiro atoms. The van der Waals surface area contributed by atoms with E-state index in [1.807, 2.05) is 12.1 Å². The number of allylic oxidation sites excluding steroid dienone is 4. The van der Waals surface area contributed by atoms with E-state index >= 15 is 0 Å². The van der Waals surface area contributed by atoms with Crippen LogP contribution < -0.4 is 0 Å². The average molecular weight is 618 g/mol. The Morgan fingerprint density at radius 2 is 1.41 bits per heavy atom. The summed E-state index contributed by atoms with van der Waals surface area (Å²) in [5, 5.41) is 5.49. The molecule has 1 unspecified atom stereocenters. The van der Waals surface area contributed by atoms with Crippen LogP contribution in [0.2, 0.25) is 0 Å². The van der Waals surface area contributed by atoms with E-state index in [4.69, 9.17) is 4.42 Å². The van der Waals surface area contributed by atoms with Gasteiger partial charge in [-0.15, -0.1) is 45.8 Å². The van der Waals surface area contributed by atoms with Gasteiger partial charge in [-0.3, -0.25) is 0 Å². The summed E-state index contributed by atoms with van der Waals surface area (Å²) in [5.41, 5.74) is 6.87. The van der Waals surface area contributed by atoms with Crippen LogP contribution in [-0.4, -0.2) is 3.71 Å². The molecule has 0 N–H and O–H groups in total. The maximum absolute atomic E-state index is 4.97. The topological polar surface area (TPSA) is 13.1 Å². The van der Waals surface area contributed by atoms with Crippen molar-refractivity contribution in [2.45, 2.75) is 65.7 Å². The molecule has 0 radical (unpaired) electrons. The standard InChI is InChI=1S/C21H25.C10H9O.C8H8.Zr/c1-20(2,3)16-9-7-14-11-15-8-10-17(21(4,5)6)13-19(15)18(14)12-16;1-8-2-3-9(6-8)10-4-5-11-7-10;1-2-8-6-4-3-5-7-8;/h7-13H,1-6H3;2-5,7-8H,1H3;1,3-7H,2H2;/q2*-1;;+2. The molecule has 0 saturated heterocycles. The summed E-state index contributed by atoms with van der Waals surface area (Å²) >= 11 is 1.51. The third-order valence-corrected chi connectivity index (χ3v) is 7.89. The zero-order chi connectivity index (χ0) is 29.6. The van der Waals surface area contributed by atoms with Gasteiger partial charge in [-0.1, -0.05) is 101 Å². The molecule has 0 aliphatic heterocycles. The molecule has 1 nitrogen and oxygen atoms in total.